The second kappa shape index (κ2) is 6.06. The highest BCUT2D eigenvalue weighted by Gasteiger charge is 2.25. The molecular weight excluding hydrogens is 320 g/mol. The van der Waals surface area contributed by atoms with Gasteiger partial charge in [0.15, 0.2) is 0 Å². The fourth-order valence-electron chi connectivity index (χ4n) is 2.78. The summed E-state index contributed by atoms with van der Waals surface area (Å²) in [5.41, 5.74) is 0.901. The summed E-state index contributed by atoms with van der Waals surface area (Å²) in [4.78, 5) is 4.38. The van der Waals surface area contributed by atoms with Crippen LogP contribution in [0.1, 0.15) is 31.6 Å². The second-order valence-electron chi connectivity index (χ2n) is 5.31. The topological polar surface area (TPSA) is 59.2 Å². The molecule has 1 N–H and O–H groups in total. The van der Waals surface area contributed by atoms with Gasteiger partial charge in [-0.25, -0.2) is 0 Å². The maximum absolute atomic E-state index is 10.2. The van der Waals surface area contributed by atoms with Gasteiger partial charge in [0.05, 0.1) is 12.5 Å². The lowest BCUT2D eigenvalue weighted by Crippen LogP contribution is -2.20. The van der Waals surface area contributed by atoms with Gasteiger partial charge in [-0.2, -0.15) is 4.98 Å². The number of benzene rings is 1. The maximum atomic E-state index is 10.2. The molecule has 1 aromatic carbocycles. The van der Waals surface area contributed by atoms with Crippen LogP contribution < -0.4 is 0 Å². The molecule has 0 spiro atoms. The summed E-state index contributed by atoms with van der Waals surface area (Å²) in [7, 11) is 0. The van der Waals surface area contributed by atoms with Gasteiger partial charge in [0.25, 0.3) is 0 Å². The Balaban J connectivity index is 1.72. The molecule has 0 bridgehead atoms. The Bertz CT molecular complexity index is 579. The molecule has 1 heterocycles. The Labute approximate surface area is 126 Å². The predicted octanol–water partition coefficient (Wildman–Crippen LogP) is 3.59. The molecule has 0 amide bonds. The van der Waals surface area contributed by atoms with Crippen molar-refractivity contribution in [2.45, 2.75) is 38.2 Å². The first-order valence-corrected chi connectivity index (χ1v) is 7.79. The minimum Gasteiger partial charge on any atom is -0.392 e. The highest BCUT2D eigenvalue weighted by Crippen LogP contribution is 2.30. The molecule has 0 aliphatic heterocycles. The van der Waals surface area contributed by atoms with Gasteiger partial charge in [-0.15, -0.1) is 0 Å². The molecule has 1 atom stereocenters. The molecule has 0 radical (unpaired) electrons. The van der Waals surface area contributed by atoms with Gasteiger partial charge in [-0.05, 0) is 30.9 Å². The zero-order valence-corrected chi connectivity index (χ0v) is 12.7. The van der Waals surface area contributed by atoms with Gasteiger partial charge in [-0.1, -0.05) is 46.1 Å². The average molecular weight is 337 g/mol. The second-order valence-corrected chi connectivity index (χ2v) is 6.16. The van der Waals surface area contributed by atoms with Crippen LogP contribution in [0.4, 0.5) is 0 Å². The van der Waals surface area contributed by atoms with Gasteiger partial charge in [-0.3, -0.25) is 0 Å². The van der Waals surface area contributed by atoms with E-state index in [9.17, 15) is 5.11 Å². The predicted molar refractivity (Wildman–Crippen MR) is 79.1 cm³/mol. The Morgan fingerprint density at radius 1 is 1.30 bits per heavy atom. The first-order valence-electron chi connectivity index (χ1n) is 6.99. The van der Waals surface area contributed by atoms with E-state index in [0.717, 1.165) is 22.9 Å². The number of halogens is 1. The summed E-state index contributed by atoms with van der Waals surface area (Å²) in [5, 5.41) is 14.2. The van der Waals surface area contributed by atoms with Crippen LogP contribution in [0.15, 0.2) is 33.3 Å². The van der Waals surface area contributed by atoms with Crippen molar-refractivity contribution in [3.05, 3.63) is 34.6 Å². The molecule has 4 nitrogen and oxygen atoms in total. The minimum atomic E-state index is -0.370. The van der Waals surface area contributed by atoms with Gasteiger partial charge < -0.3 is 9.63 Å². The molecule has 1 aliphatic carbocycles. The third-order valence-electron chi connectivity index (χ3n) is 3.91. The number of rotatable bonds is 4. The lowest BCUT2D eigenvalue weighted by molar-refractivity contribution is 0.102. The van der Waals surface area contributed by atoms with Gasteiger partial charge >= 0.3 is 0 Å². The minimum absolute atomic E-state index is 0.370. The number of hydrogen-bond donors (Lipinski definition) is 1. The molecule has 1 fully saturated rings. The first kappa shape index (κ1) is 13.8. The average Bonchev–Trinajstić information content (AvgIpc) is 3.10. The van der Waals surface area contributed by atoms with Crippen LogP contribution in [0.5, 0.6) is 0 Å². The fourth-order valence-corrected chi connectivity index (χ4v) is 3.24. The SMILES string of the molecule is OC(Cc1nc(-c2ccccc2Br)no1)C1CCCC1. The summed E-state index contributed by atoms with van der Waals surface area (Å²) < 4.78 is 6.20. The van der Waals surface area contributed by atoms with E-state index in [1.165, 1.54) is 12.8 Å². The lowest BCUT2D eigenvalue weighted by Gasteiger charge is -2.14. The normalized spacial score (nSPS) is 17.5. The van der Waals surface area contributed by atoms with Crippen LogP contribution >= 0.6 is 15.9 Å². The summed E-state index contributed by atoms with van der Waals surface area (Å²) in [6.07, 6.45) is 4.72. The molecule has 20 heavy (non-hydrogen) atoms. The molecule has 1 saturated carbocycles. The van der Waals surface area contributed by atoms with Crippen molar-refractivity contribution >= 4 is 15.9 Å². The van der Waals surface area contributed by atoms with Crippen molar-refractivity contribution in [2.75, 3.05) is 0 Å². The standard InChI is InChI=1S/C15H17BrN2O2/c16-12-8-4-3-7-11(12)15-17-14(20-18-15)9-13(19)10-5-1-2-6-10/h3-4,7-8,10,13,19H,1-2,5-6,9H2. The summed E-state index contributed by atoms with van der Waals surface area (Å²) >= 11 is 3.48. The van der Waals surface area contributed by atoms with E-state index in [4.69, 9.17) is 4.52 Å². The van der Waals surface area contributed by atoms with Gasteiger partial charge in [0.1, 0.15) is 0 Å². The van der Waals surface area contributed by atoms with Crippen molar-refractivity contribution in [2.24, 2.45) is 5.92 Å². The van der Waals surface area contributed by atoms with Crippen LogP contribution in [0, 0.1) is 5.92 Å². The quantitative estimate of drug-likeness (QED) is 0.926. The van der Waals surface area contributed by atoms with Gasteiger partial charge in [0, 0.05) is 10.0 Å². The molecule has 1 aliphatic rings. The molecular formula is C15H17BrN2O2. The Morgan fingerprint density at radius 3 is 2.80 bits per heavy atom. The van der Waals surface area contributed by atoms with Crippen LogP contribution in [-0.2, 0) is 6.42 Å². The molecule has 0 saturated heterocycles. The summed E-state index contributed by atoms with van der Waals surface area (Å²) in [6, 6.07) is 7.76. The van der Waals surface area contributed by atoms with Crippen LogP contribution in [0.2, 0.25) is 0 Å². The molecule has 5 heteroatoms. The molecule has 2 aromatic rings. The Morgan fingerprint density at radius 2 is 2.05 bits per heavy atom. The molecule has 106 valence electrons. The molecule has 1 aromatic heterocycles. The fraction of sp³-hybridized carbons (Fsp3) is 0.467. The van der Waals surface area contributed by atoms with E-state index in [1.807, 2.05) is 24.3 Å². The van der Waals surface area contributed by atoms with E-state index >= 15 is 0 Å². The Hall–Kier alpha value is -1.20. The monoisotopic (exact) mass is 336 g/mol. The number of aromatic nitrogens is 2. The smallest absolute Gasteiger partial charge is 0.229 e. The summed E-state index contributed by atoms with van der Waals surface area (Å²) in [6.45, 7) is 0. The lowest BCUT2D eigenvalue weighted by atomic mass is 9.98. The van der Waals surface area contributed by atoms with Crippen LogP contribution in [0.25, 0.3) is 11.4 Å². The molecule has 1 unspecified atom stereocenters. The van der Waals surface area contributed by atoms with E-state index in [0.29, 0.717) is 24.1 Å². The largest absolute Gasteiger partial charge is 0.392 e. The maximum Gasteiger partial charge on any atom is 0.229 e. The third kappa shape index (κ3) is 2.94. The highest BCUT2D eigenvalue weighted by molar-refractivity contribution is 9.10. The Kier molecular flexibility index (Phi) is 4.17. The van der Waals surface area contributed by atoms with E-state index < -0.39 is 0 Å². The van der Waals surface area contributed by atoms with Crippen LogP contribution in [0.3, 0.4) is 0 Å². The van der Waals surface area contributed by atoms with Gasteiger partial charge in [0.2, 0.25) is 11.7 Å². The highest BCUT2D eigenvalue weighted by atomic mass is 79.9. The van der Waals surface area contributed by atoms with Crippen molar-refractivity contribution < 1.29 is 9.63 Å². The number of aliphatic hydroxyl groups is 1. The number of nitrogens with zero attached hydrogens (tertiary/aromatic N) is 2. The first-order chi connectivity index (χ1) is 9.74. The molecule has 3 rings (SSSR count). The number of hydrogen-bond acceptors (Lipinski definition) is 4. The zero-order chi connectivity index (χ0) is 13.9. The zero-order valence-electron chi connectivity index (χ0n) is 11.1. The van der Waals surface area contributed by atoms with Crippen molar-refractivity contribution in [3.8, 4) is 11.4 Å². The van der Waals surface area contributed by atoms with E-state index in [2.05, 4.69) is 26.1 Å². The summed E-state index contributed by atoms with van der Waals surface area (Å²) in [5.74, 6) is 1.45. The van der Waals surface area contributed by atoms with Crippen molar-refractivity contribution in [3.63, 3.8) is 0 Å². The van der Waals surface area contributed by atoms with E-state index in [-0.39, 0.29) is 6.10 Å². The van der Waals surface area contributed by atoms with Crippen molar-refractivity contribution in [1.29, 1.82) is 0 Å². The van der Waals surface area contributed by atoms with Crippen LogP contribution in [-0.4, -0.2) is 21.4 Å². The van der Waals surface area contributed by atoms with E-state index in [1.54, 1.807) is 0 Å². The number of aliphatic hydroxyl groups excluding tert-OH is 1. The third-order valence-corrected chi connectivity index (χ3v) is 4.60. The van der Waals surface area contributed by atoms with Crippen molar-refractivity contribution in [1.82, 2.24) is 10.1 Å².